The number of amides is 3. The molecular weight excluding hydrogens is 416 g/mol. The Hall–Kier alpha value is -3.13. The molecule has 0 spiro atoms. The van der Waals surface area contributed by atoms with Gasteiger partial charge in [-0.25, -0.2) is 4.79 Å². The lowest BCUT2D eigenvalue weighted by atomic mass is 10.1. The standard InChI is InChI=1S/C19H15BrN2O5/c1-11(23)27-17-14(20)8-12(10-16(17)26-2)9-15-18(24)21-19(25)22(15)13-6-4-3-5-7-13/h3-10H,1-2H3,(H,21,24,25). The number of nitrogens with one attached hydrogen (secondary N) is 1. The maximum Gasteiger partial charge on any atom is 0.333 e. The number of carbonyl (C=O) groups excluding carboxylic acids is 3. The molecule has 3 rings (SSSR count). The topological polar surface area (TPSA) is 84.9 Å². The van der Waals surface area contributed by atoms with E-state index in [2.05, 4.69) is 21.2 Å². The fourth-order valence-electron chi connectivity index (χ4n) is 2.62. The van der Waals surface area contributed by atoms with Gasteiger partial charge >= 0.3 is 12.0 Å². The monoisotopic (exact) mass is 430 g/mol. The number of hydrogen-bond acceptors (Lipinski definition) is 5. The van der Waals surface area contributed by atoms with Crippen molar-refractivity contribution >= 4 is 45.6 Å². The minimum Gasteiger partial charge on any atom is -0.493 e. The Morgan fingerprint density at radius 3 is 2.52 bits per heavy atom. The van der Waals surface area contributed by atoms with Gasteiger partial charge in [-0.2, -0.15) is 0 Å². The summed E-state index contributed by atoms with van der Waals surface area (Å²) >= 11 is 3.34. The van der Waals surface area contributed by atoms with Crippen LogP contribution in [-0.2, 0) is 9.59 Å². The molecule has 27 heavy (non-hydrogen) atoms. The molecule has 0 unspecified atom stereocenters. The number of anilines is 1. The quantitative estimate of drug-likeness (QED) is 0.347. The van der Waals surface area contributed by atoms with Crippen LogP contribution in [0, 0.1) is 0 Å². The first-order chi connectivity index (χ1) is 12.9. The van der Waals surface area contributed by atoms with E-state index in [0.29, 0.717) is 21.5 Å². The molecule has 0 radical (unpaired) electrons. The molecule has 1 aliphatic rings. The van der Waals surface area contributed by atoms with Crippen LogP contribution in [0.5, 0.6) is 11.5 Å². The Labute approximate surface area is 163 Å². The Bertz CT molecular complexity index is 956. The van der Waals surface area contributed by atoms with Crippen LogP contribution < -0.4 is 19.7 Å². The third-order valence-corrected chi connectivity index (χ3v) is 4.30. The lowest BCUT2D eigenvalue weighted by molar-refractivity contribution is -0.132. The average molecular weight is 431 g/mol. The normalized spacial score (nSPS) is 15.1. The number of imide groups is 1. The molecule has 3 amide bonds. The largest absolute Gasteiger partial charge is 0.493 e. The predicted molar refractivity (Wildman–Crippen MR) is 102 cm³/mol. The summed E-state index contributed by atoms with van der Waals surface area (Å²) in [5.74, 6) is -0.458. The number of carbonyl (C=O) groups is 3. The number of benzene rings is 2. The summed E-state index contributed by atoms with van der Waals surface area (Å²) < 4.78 is 10.9. The van der Waals surface area contributed by atoms with Gasteiger partial charge in [-0.15, -0.1) is 0 Å². The highest BCUT2D eigenvalue weighted by Gasteiger charge is 2.34. The number of methoxy groups -OCH3 is 1. The molecule has 8 heteroatoms. The Morgan fingerprint density at radius 1 is 1.19 bits per heavy atom. The Morgan fingerprint density at radius 2 is 1.89 bits per heavy atom. The van der Waals surface area contributed by atoms with Crippen molar-refractivity contribution in [2.45, 2.75) is 6.92 Å². The van der Waals surface area contributed by atoms with Crippen LogP contribution in [0.3, 0.4) is 0 Å². The van der Waals surface area contributed by atoms with Crippen LogP contribution in [0.2, 0.25) is 0 Å². The fraction of sp³-hybridized carbons (Fsp3) is 0.105. The van der Waals surface area contributed by atoms with Crippen molar-refractivity contribution in [1.29, 1.82) is 0 Å². The maximum atomic E-state index is 12.3. The van der Waals surface area contributed by atoms with Crippen LogP contribution in [-0.4, -0.2) is 25.0 Å². The zero-order valence-electron chi connectivity index (χ0n) is 14.5. The van der Waals surface area contributed by atoms with Crippen molar-refractivity contribution in [3.63, 3.8) is 0 Å². The number of nitrogens with zero attached hydrogens (tertiary/aromatic N) is 1. The van der Waals surface area contributed by atoms with Gasteiger partial charge in [0.15, 0.2) is 11.5 Å². The van der Waals surface area contributed by atoms with Crippen molar-refractivity contribution in [2.24, 2.45) is 0 Å². The van der Waals surface area contributed by atoms with E-state index < -0.39 is 17.9 Å². The van der Waals surface area contributed by atoms with E-state index in [4.69, 9.17) is 9.47 Å². The molecular formula is C19H15BrN2O5. The van der Waals surface area contributed by atoms with Gasteiger partial charge in [0.05, 0.1) is 17.3 Å². The van der Waals surface area contributed by atoms with E-state index in [1.807, 2.05) is 6.07 Å². The third-order valence-electron chi connectivity index (χ3n) is 3.71. The van der Waals surface area contributed by atoms with Gasteiger partial charge in [0.2, 0.25) is 0 Å². The number of para-hydroxylation sites is 1. The van der Waals surface area contributed by atoms with Gasteiger partial charge in [0, 0.05) is 6.92 Å². The Balaban J connectivity index is 2.06. The van der Waals surface area contributed by atoms with Crippen molar-refractivity contribution in [1.82, 2.24) is 5.32 Å². The number of hydrogen-bond donors (Lipinski definition) is 1. The molecule has 2 aromatic rings. The molecule has 138 valence electrons. The molecule has 0 saturated carbocycles. The first-order valence-electron chi connectivity index (χ1n) is 7.89. The number of ether oxygens (including phenoxy) is 2. The highest BCUT2D eigenvalue weighted by Crippen LogP contribution is 2.38. The SMILES string of the molecule is COc1cc(C=C2C(=O)NC(=O)N2c2ccccc2)cc(Br)c1OC(C)=O. The van der Waals surface area contributed by atoms with Gasteiger partial charge in [0.1, 0.15) is 5.70 Å². The van der Waals surface area contributed by atoms with Crippen molar-refractivity contribution in [3.05, 3.63) is 58.2 Å². The van der Waals surface area contributed by atoms with E-state index in [-0.39, 0.29) is 11.4 Å². The smallest absolute Gasteiger partial charge is 0.333 e. The molecule has 1 fully saturated rings. The van der Waals surface area contributed by atoms with Gasteiger partial charge in [0.25, 0.3) is 5.91 Å². The number of halogens is 1. The van der Waals surface area contributed by atoms with Gasteiger partial charge in [-0.1, -0.05) is 18.2 Å². The van der Waals surface area contributed by atoms with Gasteiger partial charge < -0.3 is 9.47 Å². The second-order valence-corrected chi connectivity index (χ2v) is 6.44. The van der Waals surface area contributed by atoms with E-state index in [9.17, 15) is 14.4 Å². The zero-order chi connectivity index (χ0) is 19.6. The molecule has 1 aliphatic heterocycles. The summed E-state index contributed by atoms with van der Waals surface area (Å²) in [7, 11) is 1.44. The molecule has 0 aliphatic carbocycles. The van der Waals surface area contributed by atoms with E-state index >= 15 is 0 Å². The van der Waals surface area contributed by atoms with Crippen molar-refractivity contribution in [2.75, 3.05) is 12.0 Å². The Kier molecular flexibility index (Phi) is 5.27. The van der Waals surface area contributed by atoms with Crippen molar-refractivity contribution < 1.29 is 23.9 Å². The second kappa shape index (κ2) is 7.63. The minimum absolute atomic E-state index is 0.167. The molecule has 1 saturated heterocycles. The van der Waals surface area contributed by atoms with Crippen LogP contribution >= 0.6 is 15.9 Å². The molecule has 0 atom stereocenters. The van der Waals surface area contributed by atoms with Crippen molar-refractivity contribution in [3.8, 4) is 11.5 Å². The molecule has 1 heterocycles. The summed E-state index contributed by atoms with van der Waals surface area (Å²) in [5.41, 5.74) is 1.31. The van der Waals surface area contributed by atoms with E-state index in [1.165, 1.54) is 18.9 Å². The lowest BCUT2D eigenvalue weighted by Gasteiger charge is -2.16. The number of esters is 1. The summed E-state index contributed by atoms with van der Waals surface area (Å²) in [6.45, 7) is 1.29. The highest BCUT2D eigenvalue weighted by atomic mass is 79.9. The lowest BCUT2D eigenvalue weighted by Crippen LogP contribution is -2.27. The van der Waals surface area contributed by atoms with E-state index in [0.717, 1.165) is 0 Å². The number of rotatable bonds is 4. The predicted octanol–water partition coefficient (Wildman–Crippen LogP) is 3.48. The molecule has 0 aromatic heterocycles. The third kappa shape index (κ3) is 3.85. The highest BCUT2D eigenvalue weighted by molar-refractivity contribution is 9.10. The number of urea groups is 1. The first kappa shape index (κ1) is 18.7. The molecule has 0 bridgehead atoms. The second-order valence-electron chi connectivity index (χ2n) is 5.59. The van der Waals surface area contributed by atoms with E-state index in [1.54, 1.807) is 42.5 Å². The first-order valence-corrected chi connectivity index (χ1v) is 8.68. The average Bonchev–Trinajstić information content (AvgIpc) is 2.90. The summed E-state index contributed by atoms with van der Waals surface area (Å²) in [5, 5.41) is 2.28. The van der Waals surface area contributed by atoms with Crippen LogP contribution in [0.4, 0.5) is 10.5 Å². The van der Waals surface area contributed by atoms with Crippen LogP contribution in [0.25, 0.3) is 6.08 Å². The fourth-order valence-corrected chi connectivity index (χ4v) is 3.16. The summed E-state index contributed by atoms with van der Waals surface area (Å²) in [6, 6.07) is 11.6. The summed E-state index contributed by atoms with van der Waals surface area (Å²) in [6.07, 6.45) is 1.55. The van der Waals surface area contributed by atoms with Crippen LogP contribution in [0.1, 0.15) is 12.5 Å². The maximum absolute atomic E-state index is 12.3. The van der Waals surface area contributed by atoms with Gasteiger partial charge in [-0.05, 0) is 51.8 Å². The van der Waals surface area contributed by atoms with Gasteiger partial charge in [-0.3, -0.25) is 19.8 Å². The van der Waals surface area contributed by atoms with Crippen LogP contribution in [0.15, 0.2) is 52.6 Å². The molecule has 7 nitrogen and oxygen atoms in total. The zero-order valence-corrected chi connectivity index (χ0v) is 16.1. The molecule has 1 N–H and O–H groups in total. The summed E-state index contributed by atoms with van der Waals surface area (Å²) in [4.78, 5) is 37.0. The molecule has 2 aromatic carbocycles. The minimum atomic E-state index is -0.528.